The summed E-state index contributed by atoms with van der Waals surface area (Å²) in [6.45, 7) is 11.5. The second-order valence-electron chi connectivity index (χ2n) is 7.27. The first-order valence-corrected chi connectivity index (χ1v) is 10.6. The normalized spacial score (nSPS) is 12.8. The molecule has 1 aromatic rings. The third-order valence-electron chi connectivity index (χ3n) is 4.33. The number of nitrogens with zero attached hydrogens (tertiary/aromatic N) is 2. The van der Waals surface area contributed by atoms with Crippen LogP contribution in [0.1, 0.15) is 40.2 Å². The first-order valence-electron chi connectivity index (χ1n) is 9.18. The molecule has 0 saturated carbocycles. The zero-order valence-electron chi connectivity index (χ0n) is 17.9. The summed E-state index contributed by atoms with van der Waals surface area (Å²) < 4.78 is 31.8. The fourth-order valence-corrected chi connectivity index (χ4v) is 3.46. The fourth-order valence-electron chi connectivity index (χ4n) is 2.09. The van der Waals surface area contributed by atoms with Crippen molar-refractivity contribution >= 4 is 40.0 Å². The van der Waals surface area contributed by atoms with Crippen LogP contribution in [0.15, 0.2) is 34.2 Å². The van der Waals surface area contributed by atoms with E-state index in [1.54, 1.807) is 38.4 Å². The summed E-state index contributed by atoms with van der Waals surface area (Å²) in [5, 5.41) is 6.45. The molecule has 0 aromatic heterocycles. The predicted molar refractivity (Wildman–Crippen MR) is 126 cm³/mol. The van der Waals surface area contributed by atoms with Crippen LogP contribution in [0.25, 0.3) is 0 Å². The van der Waals surface area contributed by atoms with E-state index in [2.05, 4.69) is 15.6 Å². The van der Waals surface area contributed by atoms with Gasteiger partial charge in [-0.3, -0.25) is 0 Å². The van der Waals surface area contributed by atoms with Gasteiger partial charge in [-0.05, 0) is 52.3 Å². The highest BCUT2D eigenvalue weighted by atomic mass is 127. The molecule has 9 heteroatoms. The lowest BCUT2D eigenvalue weighted by molar-refractivity contribution is 0.0268. The Bertz CT molecular complexity index is 719. The predicted octanol–water partition coefficient (Wildman–Crippen LogP) is 2.81. The number of halogens is 1. The lowest BCUT2D eigenvalue weighted by Crippen LogP contribution is -2.45. The molecule has 0 heterocycles. The van der Waals surface area contributed by atoms with Crippen molar-refractivity contribution in [3.8, 4) is 0 Å². The van der Waals surface area contributed by atoms with Gasteiger partial charge in [0.25, 0.3) is 0 Å². The second-order valence-corrected chi connectivity index (χ2v) is 9.27. The molecule has 7 nitrogen and oxygen atoms in total. The van der Waals surface area contributed by atoms with E-state index in [-0.39, 0.29) is 35.6 Å². The average Bonchev–Trinajstić information content (AvgIpc) is 2.63. The fraction of sp³-hybridized carbons (Fsp3) is 0.632. The summed E-state index contributed by atoms with van der Waals surface area (Å²) in [5.74, 6) is 0.693. The number of sulfonamides is 1. The third-order valence-corrected chi connectivity index (χ3v) is 6.37. The van der Waals surface area contributed by atoms with Gasteiger partial charge in [-0.2, -0.15) is 4.31 Å². The highest BCUT2D eigenvalue weighted by molar-refractivity contribution is 14.0. The van der Waals surface area contributed by atoms with Crippen LogP contribution in [-0.4, -0.2) is 57.6 Å². The van der Waals surface area contributed by atoms with E-state index in [0.717, 1.165) is 12.1 Å². The number of rotatable bonds is 9. The number of hydrogen-bond donors (Lipinski definition) is 2. The van der Waals surface area contributed by atoms with Crippen molar-refractivity contribution in [3.05, 3.63) is 29.8 Å². The van der Waals surface area contributed by atoms with Crippen molar-refractivity contribution in [2.45, 2.75) is 57.7 Å². The molecule has 0 aliphatic heterocycles. The molecule has 0 aliphatic carbocycles. The number of hydrogen-bond acceptors (Lipinski definition) is 4. The van der Waals surface area contributed by atoms with Gasteiger partial charge in [0.2, 0.25) is 10.0 Å². The van der Waals surface area contributed by atoms with Crippen LogP contribution in [0.3, 0.4) is 0 Å². The SMILES string of the molecule is CCNC(=NCc1ccc(S(=O)(=O)N(C)C(C)C)cc1)NCC(C)(C)OC.I. The van der Waals surface area contributed by atoms with Crippen molar-refractivity contribution < 1.29 is 13.2 Å². The largest absolute Gasteiger partial charge is 0.377 e. The number of aliphatic imine (C=N–C) groups is 1. The van der Waals surface area contributed by atoms with E-state index in [9.17, 15) is 8.42 Å². The number of benzene rings is 1. The molecule has 0 unspecified atom stereocenters. The third kappa shape index (κ3) is 8.22. The second kappa shape index (κ2) is 11.9. The van der Waals surface area contributed by atoms with E-state index >= 15 is 0 Å². The summed E-state index contributed by atoms with van der Waals surface area (Å²) in [6.07, 6.45) is 0. The van der Waals surface area contributed by atoms with Gasteiger partial charge < -0.3 is 15.4 Å². The van der Waals surface area contributed by atoms with E-state index in [1.165, 1.54) is 4.31 Å². The Labute approximate surface area is 187 Å². The van der Waals surface area contributed by atoms with E-state index < -0.39 is 10.0 Å². The lowest BCUT2D eigenvalue weighted by Gasteiger charge is -2.24. The van der Waals surface area contributed by atoms with Gasteiger partial charge >= 0.3 is 0 Å². The summed E-state index contributed by atoms with van der Waals surface area (Å²) >= 11 is 0. The van der Waals surface area contributed by atoms with Crippen LogP contribution < -0.4 is 10.6 Å². The van der Waals surface area contributed by atoms with Crippen molar-refractivity contribution in [1.82, 2.24) is 14.9 Å². The Morgan fingerprint density at radius 3 is 2.25 bits per heavy atom. The number of nitrogens with one attached hydrogen (secondary N) is 2. The monoisotopic (exact) mass is 526 g/mol. The van der Waals surface area contributed by atoms with Gasteiger partial charge in [-0.1, -0.05) is 12.1 Å². The van der Waals surface area contributed by atoms with Crippen LogP contribution in [-0.2, 0) is 21.3 Å². The highest BCUT2D eigenvalue weighted by Gasteiger charge is 2.22. The topological polar surface area (TPSA) is 83.0 Å². The molecule has 0 radical (unpaired) electrons. The molecule has 162 valence electrons. The zero-order valence-corrected chi connectivity index (χ0v) is 21.1. The Morgan fingerprint density at radius 2 is 1.79 bits per heavy atom. The van der Waals surface area contributed by atoms with Crippen LogP contribution >= 0.6 is 24.0 Å². The smallest absolute Gasteiger partial charge is 0.243 e. The molecule has 0 amide bonds. The lowest BCUT2D eigenvalue weighted by atomic mass is 10.1. The Morgan fingerprint density at radius 1 is 1.21 bits per heavy atom. The van der Waals surface area contributed by atoms with Crippen LogP contribution in [0.2, 0.25) is 0 Å². The molecule has 2 N–H and O–H groups in total. The van der Waals surface area contributed by atoms with Crippen LogP contribution in [0, 0.1) is 0 Å². The maximum atomic E-state index is 12.5. The Kier molecular flexibility index (Phi) is 11.6. The van der Waals surface area contributed by atoms with Crippen molar-refractivity contribution in [2.24, 2.45) is 4.99 Å². The van der Waals surface area contributed by atoms with Crippen molar-refractivity contribution in [2.75, 3.05) is 27.2 Å². The minimum Gasteiger partial charge on any atom is -0.377 e. The standard InChI is InChI=1S/C19H34N4O3S.HI/c1-8-20-18(22-14-19(4,5)26-7)21-13-16-9-11-17(12-10-16)27(24,25)23(6)15(2)3;/h9-12,15H,8,13-14H2,1-7H3,(H2,20,21,22);1H. The highest BCUT2D eigenvalue weighted by Crippen LogP contribution is 2.17. The summed E-state index contributed by atoms with van der Waals surface area (Å²) in [4.78, 5) is 4.85. The van der Waals surface area contributed by atoms with E-state index in [1.807, 2.05) is 34.6 Å². The molecule has 0 atom stereocenters. The van der Waals surface area contributed by atoms with Gasteiger partial charge in [0.15, 0.2) is 5.96 Å². The molecule has 0 aliphatic rings. The van der Waals surface area contributed by atoms with Gasteiger partial charge in [0.05, 0.1) is 17.0 Å². The summed E-state index contributed by atoms with van der Waals surface area (Å²) in [5.41, 5.74) is 0.638. The first-order chi connectivity index (χ1) is 12.5. The molecular weight excluding hydrogens is 491 g/mol. The number of guanidine groups is 1. The Balaban J connectivity index is 0.00000729. The van der Waals surface area contributed by atoms with Gasteiger partial charge in [-0.15, -0.1) is 24.0 Å². The molecule has 1 aromatic carbocycles. The average molecular weight is 526 g/mol. The molecule has 1 rings (SSSR count). The molecule has 0 spiro atoms. The summed E-state index contributed by atoms with van der Waals surface area (Å²) in [7, 11) is -0.194. The Hall–Kier alpha value is -0.910. The van der Waals surface area contributed by atoms with Crippen molar-refractivity contribution in [1.29, 1.82) is 0 Å². The molecule has 0 fully saturated rings. The van der Waals surface area contributed by atoms with E-state index in [0.29, 0.717) is 23.9 Å². The number of ether oxygens (including phenoxy) is 1. The number of methoxy groups -OCH3 is 1. The van der Waals surface area contributed by atoms with Crippen LogP contribution in [0.4, 0.5) is 0 Å². The molecule has 0 saturated heterocycles. The van der Waals surface area contributed by atoms with E-state index in [4.69, 9.17) is 4.74 Å². The molecular formula is C19H35IN4O3S. The molecule has 28 heavy (non-hydrogen) atoms. The summed E-state index contributed by atoms with van der Waals surface area (Å²) in [6, 6.07) is 6.77. The van der Waals surface area contributed by atoms with Gasteiger partial charge in [-0.25, -0.2) is 13.4 Å². The van der Waals surface area contributed by atoms with Crippen LogP contribution in [0.5, 0.6) is 0 Å². The minimum absolute atomic E-state index is 0. The zero-order chi connectivity index (χ0) is 20.7. The molecule has 0 bridgehead atoms. The minimum atomic E-state index is -3.46. The quantitative estimate of drug-likeness (QED) is 0.294. The first kappa shape index (κ1) is 27.1. The van der Waals surface area contributed by atoms with Gasteiger partial charge in [0.1, 0.15) is 0 Å². The van der Waals surface area contributed by atoms with Crippen molar-refractivity contribution in [3.63, 3.8) is 0 Å². The van der Waals surface area contributed by atoms with Gasteiger partial charge in [0, 0.05) is 33.3 Å². The maximum absolute atomic E-state index is 12.5. The maximum Gasteiger partial charge on any atom is 0.243 e.